The Balaban J connectivity index is 1.84. The van der Waals surface area contributed by atoms with Crippen molar-refractivity contribution < 1.29 is 5.11 Å². The molecule has 1 heterocycles. The number of rotatable bonds is 5. The number of aliphatic hydroxyl groups excluding tert-OH is 1. The largest absolute Gasteiger partial charge is 0.394 e. The Hall–Kier alpha value is -0.120. The van der Waals surface area contributed by atoms with Crippen molar-refractivity contribution in [1.29, 1.82) is 0 Å². The van der Waals surface area contributed by atoms with Gasteiger partial charge in [0.05, 0.1) is 6.61 Å². The quantitative estimate of drug-likeness (QED) is 0.789. The van der Waals surface area contributed by atoms with Gasteiger partial charge in [0, 0.05) is 11.6 Å². The summed E-state index contributed by atoms with van der Waals surface area (Å²) in [5.74, 6) is 1.28. The minimum atomic E-state index is -0.285. The standard InChI is InChI=1S/C15H30N2O/c1-12(2)14-6-4-9-17(14)10-7-13-5-3-8-15(13,16)11-18/h12-14,18H,3-11,16H2,1-2H3. The molecule has 0 spiro atoms. The number of hydrogen-bond donors (Lipinski definition) is 2. The van der Waals surface area contributed by atoms with Crippen LogP contribution in [0.1, 0.15) is 52.4 Å². The average Bonchev–Trinajstić information content (AvgIpc) is 2.93. The molecule has 18 heavy (non-hydrogen) atoms. The predicted molar refractivity (Wildman–Crippen MR) is 75.4 cm³/mol. The second-order valence-electron chi connectivity index (χ2n) is 6.76. The fourth-order valence-corrected chi connectivity index (χ4v) is 4.02. The third-order valence-corrected chi connectivity index (χ3v) is 5.25. The average molecular weight is 254 g/mol. The highest BCUT2D eigenvalue weighted by molar-refractivity contribution is 4.96. The van der Waals surface area contributed by atoms with Crippen LogP contribution < -0.4 is 5.73 Å². The number of likely N-dealkylation sites (tertiary alicyclic amines) is 1. The first-order valence-electron chi connectivity index (χ1n) is 7.70. The number of nitrogens with two attached hydrogens (primary N) is 1. The van der Waals surface area contributed by atoms with Gasteiger partial charge in [0.2, 0.25) is 0 Å². The van der Waals surface area contributed by atoms with Crippen LogP contribution >= 0.6 is 0 Å². The van der Waals surface area contributed by atoms with E-state index in [0.29, 0.717) is 5.92 Å². The number of hydrogen-bond acceptors (Lipinski definition) is 3. The van der Waals surface area contributed by atoms with Crippen LogP contribution in [-0.2, 0) is 0 Å². The molecule has 1 saturated carbocycles. The van der Waals surface area contributed by atoms with Gasteiger partial charge in [0.25, 0.3) is 0 Å². The minimum Gasteiger partial charge on any atom is -0.394 e. The zero-order chi connectivity index (χ0) is 13.2. The molecule has 2 rings (SSSR count). The molecule has 3 unspecified atom stereocenters. The summed E-state index contributed by atoms with van der Waals surface area (Å²) in [7, 11) is 0. The van der Waals surface area contributed by atoms with Crippen LogP contribution in [0, 0.1) is 11.8 Å². The van der Waals surface area contributed by atoms with Gasteiger partial charge in [-0.2, -0.15) is 0 Å². The Morgan fingerprint density at radius 2 is 2.11 bits per heavy atom. The second kappa shape index (κ2) is 5.89. The van der Waals surface area contributed by atoms with E-state index in [1.807, 2.05) is 0 Å². The SMILES string of the molecule is CC(C)C1CCCN1CCC1CCCC1(N)CO. The first kappa shape index (κ1) is 14.3. The first-order valence-corrected chi connectivity index (χ1v) is 7.70. The first-order chi connectivity index (χ1) is 8.57. The molecule has 2 aliphatic rings. The van der Waals surface area contributed by atoms with E-state index >= 15 is 0 Å². The van der Waals surface area contributed by atoms with Crippen LogP contribution in [0.2, 0.25) is 0 Å². The molecule has 3 N–H and O–H groups in total. The van der Waals surface area contributed by atoms with Gasteiger partial charge >= 0.3 is 0 Å². The zero-order valence-electron chi connectivity index (χ0n) is 12.1. The summed E-state index contributed by atoms with van der Waals surface area (Å²) in [4.78, 5) is 2.65. The molecule has 0 amide bonds. The second-order valence-corrected chi connectivity index (χ2v) is 6.76. The van der Waals surface area contributed by atoms with Crippen LogP contribution in [0.25, 0.3) is 0 Å². The number of aliphatic hydroxyl groups is 1. The summed E-state index contributed by atoms with van der Waals surface area (Å²) in [6, 6.07) is 0.771. The zero-order valence-corrected chi connectivity index (χ0v) is 12.1. The Kier molecular flexibility index (Phi) is 4.68. The highest BCUT2D eigenvalue weighted by Crippen LogP contribution is 2.36. The number of nitrogens with zero attached hydrogens (tertiary/aromatic N) is 1. The Bertz CT molecular complexity index is 269. The fraction of sp³-hybridized carbons (Fsp3) is 1.00. The summed E-state index contributed by atoms with van der Waals surface area (Å²) >= 11 is 0. The highest BCUT2D eigenvalue weighted by Gasteiger charge is 2.39. The molecule has 0 radical (unpaired) electrons. The van der Waals surface area contributed by atoms with Gasteiger partial charge in [0.1, 0.15) is 0 Å². The molecule has 0 aromatic carbocycles. The minimum absolute atomic E-state index is 0.158. The van der Waals surface area contributed by atoms with Gasteiger partial charge in [0.15, 0.2) is 0 Å². The van der Waals surface area contributed by atoms with Crippen LogP contribution in [-0.4, -0.2) is 41.3 Å². The maximum atomic E-state index is 9.49. The summed E-state index contributed by atoms with van der Waals surface area (Å²) < 4.78 is 0. The third-order valence-electron chi connectivity index (χ3n) is 5.25. The van der Waals surface area contributed by atoms with Crippen molar-refractivity contribution in [2.24, 2.45) is 17.6 Å². The summed E-state index contributed by atoms with van der Waals surface area (Å²) in [6.07, 6.45) is 7.27. The lowest BCUT2D eigenvalue weighted by atomic mass is 9.86. The predicted octanol–water partition coefficient (Wildman–Crippen LogP) is 1.99. The molecule has 0 aromatic rings. The molecule has 1 aliphatic carbocycles. The maximum absolute atomic E-state index is 9.49. The molecule has 2 fully saturated rings. The van der Waals surface area contributed by atoms with E-state index in [2.05, 4.69) is 18.7 Å². The lowest BCUT2D eigenvalue weighted by Gasteiger charge is -2.33. The summed E-state index contributed by atoms with van der Waals surface area (Å²) in [5.41, 5.74) is 6.03. The Labute approximate surface area is 112 Å². The lowest BCUT2D eigenvalue weighted by molar-refractivity contribution is 0.135. The molecule has 1 aliphatic heterocycles. The van der Waals surface area contributed by atoms with Crippen LogP contribution in [0.3, 0.4) is 0 Å². The summed E-state index contributed by atoms with van der Waals surface area (Å²) in [5, 5.41) is 9.49. The Morgan fingerprint density at radius 1 is 1.33 bits per heavy atom. The van der Waals surface area contributed by atoms with Crippen molar-refractivity contribution >= 4 is 0 Å². The van der Waals surface area contributed by atoms with Crippen molar-refractivity contribution in [1.82, 2.24) is 4.90 Å². The van der Waals surface area contributed by atoms with Crippen molar-refractivity contribution in [3.8, 4) is 0 Å². The van der Waals surface area contributed by atoms with Crippen LogP contribution in [0.4, 0.5) is 0 Å². The van der Waals surface area contributed by atoms with Crippen molar-refractivity contribution in [3.63, 3.8) is 0 Å². The molecular weight excluding hydrogens is 224 g/mol. The van der Waals surface area contributed by atoms with E-state index in [0.717, 1.165) is 18.4 Å². The summed E-state index contributed by atoms with van der Waals surface area (Å²) in [6.45, 7) is 7.25. The van der Waals surface area contributed by atoms with Gasteiger partial charge in [-0.3, -0.25) is 0 Å². The molecule has 1 saturated heterocycles. The van der Waals surface area contributed by atoms with E-state index in [1.54, 1.807) is 0 Å². The van der Waals surface area contributed by atoms with Crippen molar-refractivity contribution in [2.75, 3.05) is 19.7 Å². The fourth-order valence-electron chi connectivity index (χ4n) is 4.02. The third kappa shape index (κ3) is 2.89. The highest BCUT2D eigenvalue weighted by atomic mass is 16.3. The molecular formula is C15H30N2O. The van der Waals surface area contributed by atoms with Gasteiger partial charge in [-0.05, 0) is 57.0 Å². The van der Waals surface area contributed by atoms with E-state index in [4.69, 9.17) is 5.73 Å². The van der Waals surface area contributed by atoms with Crippen molar-refractivity contribution in [3.05, 3.63) is 0 Å². The normalized spacial score (nSPS) is 37.8. The molecule has 0 aromatic heterocycles. The van der Waals surface area contributed by atoms with E-state index < -0.39 is 0 Å². The lowest BCUT2D eigenvalue weighted by Crippen LogP contribution is -2.48. The van der Waals surface area contributed by atoms with Gasteiger partial charge < -0.3 is 15.7 Å². The smallest absolute Gasteiger partial charge is 0.0613 e. The Morgan fingerprint density at radius 3 is 2.78 bits per heavy atom. The molecule has 3 nitrogen and oxygen atoms in total. The molecule has 3 heteroatoms. The topological polar surface area (TPSA) is 49.5 Å². The van der Waals surface area contributed by atoms with Crippen LogP contribution in [0.15, 0.2) is 0 Å². The molecule has 0 bridgehead atoms. The van der Waals surface area contributed by atoms with Gasteiger partial charge in [-0.25, -0.2) is 0 Å². The monoisotopic (exact) mass is 254 g/mol. The van der Waals surface area contributed by atoms with Gasteiger partial charge in [-0.15, -0.1) is 0 Å². The maximum Gasteiger partial charge on any atom is 0.0613 e. The van der Waals surface area contributed by atoms with Gasteiger partial charge in [-0.1, -0.05) is 20.3 Å². The molecule has 3 atom stereocenters. The van der Waals surface area contributed by atoms with E-state index in [-0.39, 0.29) is 12.1 Å². The van der Waals surface area contributed by atoms with E-state index in [1.165, 1.54) is 45.2 Å². The van der Waals surface area contributed by atoms with Crippen molar-refractivity contribution in [2.45, 2.75) is 64.0 Å². The molecule has 106 valence electrons. The van der Waals surface area contributed by atoms with E-state index in [9.17, 15) is 5.11 Å². The van der Waals surface area contributed by atoms with Crippen LogP contribution in [0.5, 0.6) is 0 Å².